The number of ether oxygens (including phenoxy) is 1. The standard InChI is InChI=1S/C24H23N3O2S2/c1-4-19-15(2)31-24-21(19)23(26-22(27-24)16-9-6-5-7-10-16)30-14-20(28)25-17-11-8-12-18(13-17)29-3/h5-13H,4,14H2,1-3H3,(H,25,28). The molecule has 0 aliphatic heterocycles. The summed E-state index contributed by atoms with van der Waals surface area (Å²) >= 11 is 3.14. The van der Waals surface area contributed by atoms with E-state index in [0.29, 0.717) is 17.3 Å². The maximum Gasteiger partial charge on any atom is 0.234 e. The van der Waals surface area contributed by atoms with Crippen molar-refractivity contribution < 1.29 is 9.53 Å². The number of hydrogen-bond donors (Lipinski definition) is 1. The molecule has 2 aromatic heterocycles. The summed E-state index contributed by atoms with van der Waals surface area (Å²) in [5.41, 5.74) is 2.94. The van der Waals surface area contributed by atoms with Gasteiger partial charge in [0.2, 0.25) is 5.91 Å². The number of thioether (sulfide) groups is 1. The molecule has 0 bridgehead atoms. The number of carbonyl (C=O) groups is 1. The molecule has 0 aliphatic rings. The second kappa shape index (κ2) is 9.49. The van der Waals surface area contributed by atoms with Crippen molar-refractivity contribution in [2.75, 3.05) is 18.2 Å². The van der Waals surface area contributed by atoms with Crippen molar-refractivity contribution in [3.63, 3.8) is 0 Å². The van der Waals surface area contributed by atoms with E-state index in [2.05, 4.69) is 19.2 Å². The van der Waals surface area contributed by atoms with Gasteiger partial charge in [-0.25, -0.2) is 9.97 Å². The van der Waals surface area contributed by atoms with Gasteiger partial charge < -0.3 is 10.1 Å². The predicted molar refractivity (Wildman–Crippen MR) is 129 cm³/mol. The summed E-state index contributed by atoms with van der Waals surface area (Å²) in [6, 6.07) is 17.3. The van der Waals surface area contributed by atoms with Crippen molar-refractivity contribution in [3.8, 4) is 17.1 Å². The van der Waals surface area contributed by atoms with Gasteiger partial charge in [-0.2, -0.15) is 0 Å². The monoisotopic (exact) mass is 449 g/mol. The highest BCUT2D eigenvalue weighted by Gasteiger charge is 2.18. The Bertz CT molecular complexity index is 1220. The zero-order valence-corrected chi connectivity index (χ0v) is 19.3. The lowest BCUT2D eigenvalue weighted by molar-refractivity contribution is -0.113. The van der Waals surface area contributed by atoms with Gasteiger partial charge in [0, 0.05) is 27.6 Å². The van der Waals surface area contributed by atoms with E-state index in [1.54, 1.807) is 24.5 Å². The van der Waals surface area contributed by atoms with E-state index in [-0.39, 0.29) is 11.7 Å². The first-order valence-electron chi connectivity index (χ1n) is 10.0. The van der Waals surface area contributed by atoms with E-state index in [0.717, 1.165) is 27.2 Å². The molecule has 0 fully saturated rings. The molecule has 0 saturated carbocycles. The van der Waals surface area contributed by atoms with Crippen LogP contribution in [0.15, 0.2) is 59.6 Å². The average molecular weight is 450 g/mol. The lowest BCUT2D eigenvalue weighted by atomic mass is 10.1. The highest BCUT2D eigenvalue weighted by Crippen LogP contribution is 2.37. The molecular weight excluding hydrogens is 426 g/mol. The van der Waals surface area contributed by atoms with Gasteiger partial charge >= 0.3 is 0 Å². The molecule has 0 saturated heterocycles. The third kappa shape index (κ3) is 4.73. The van der Waals surface area contributed by atoms with Gasteiger partial charge in [0.1, 0.15) is 15.6 Å². The Kier molecular flexibility index (Phi) is 6.53. The van der Waals surface area contributed by atoms with Crippen LogP contribution in [0.3, 0.4) is 0 Å². The number of nitrogens with one attached hydrogen (secondary N) is 1. The molecule has 0 atom stereocenters. The fourth-order valence-electron chi connectivity index (χ4n) is 3.41. The lowest BCUT2D eigenvalue weighted by Crippen LogP contribution is -2.14. The summed E-state index contributed by atoms with van der Waals surface area (Å²) in [5.74, 6) is 1.57. The summed E-state index contributed by atoms with van der Waals surface area (Å²) in [6.07, 6.45) is 0.906. The normalized spacial score (nSPS) is 10.9. The van der Waals surface area contributed by atoms with Crippen LogP contribution in [0.25, 0.3) is 21.6 Å². The Morgan fingerprint density at radius 2 is 1.94 bits per heavy atom. The highest BCUT2D eigenvalue weighted by molar-refractivity contribution is 8.00. The van der Waals surface area contributed by atoms with E-state index < -0.39 is 0 Å². The van der Waals surface area contributed by atoms with E-state index in [9.17, 15) is 4.79 Å². The lowest BCUT2D eigenvalue weighted by Gasteiger charge is -2.09. The Hall–Kier alpha value is -2.90. The molecule has 0 spiro atoms. The molecule has 5 nitrogen and oxygen atoms in total. The van der Waals surface area contributed by atoms with Crippen LogP contribution in [-0.4, -0.2) is 28.7 Å². The molecular formula is C24H23N3O2S2. The SMILES string of the molecule is CCc1c(C)sc2nc(-c3ccccc3)nc(SCC(=O)Nc3cccc(OC)c3)c12. The zero-order chi connectivity index (χ0) is 21.8. The molecule has 4 aromatic rings. The van der Waals surface area contributed by atoms with E-state index in [1.807, 2.05) is 48.5 Å². The predicted octanol–water partition coefficient (Wildman–Crippen LogP) is 5.97. The molecule has 7 heteroatoms. The van der Waals surface area contributed by atoms with E-state index in [4.69, 9.17) is 14.7 Å². The van der Waals surface area contributed by atoms with Crippen molar-refractivity contribution in [1.82, 2.24) is 9.97 Å². The summed E-state index contributed by atoms with van der Waals surface area (Å²) in [6.45, 7) is 4.26. The Labute approximate surface area is 189 Å². The van der Waals surface area contributed by atoms with Crippen molar-refractivity contribution >= 4 is 44.9 Å². The molecule has 2 aromatic carbocycles. The van der Waals surface area contributed by atoms with Crippen LogP contribution in [0.5, 0.6) is 5.75 Å². The molecule has 4 rings (SSSR count). The molecule has 1 N–H and O–H groups in total. The minimum absolute atomic E-state index is 0.0868. The number of fused-ring (bicyclic) bond motifs is 1. The fraction of sp³-hybridized carbons (Fsp3) is 0.208. The topological polar surface area (TPSA) is 64.1 Å². The van der Waals surface area contributed by atoms with Crippen molar-refractivity contribution in [2.24, 2.45) is 0 Å². The van der Waals surface area contributed by atoms with Gasteiger partial charge in [-0.15, -0.1) is 11.3 Å². The number of nitrogens with zero attached hydrogens (tertiary/aromatic N) is 2. The number of carbonyl (C=O) groups excluding carboxylic acids is 1. The third-order valence-electron chi connectivity index (χ3n) is 4.90. The van der Waals surface area contributed by atoms with Gasteiger partial charge in [0.05, 0.1) is 12.9 Å². The van der Waals surface area contributed by atoms with E-state index in [1.165, 1.54) is 22.2 Å². The molecule has 1 amide bonds. The summed E-state index contributed by atoms with van der Waals surface area (Å²) in [5, 5.41) is 4.86. The first-order valence-corrected chi connectivity index (χ1v) is 11.8. The Balaban J connectivity index is 1.62. The molecule has 0 unspecified atom stereocenters. The second-order valence-electron chi connectivity index (χ2n) is 6.96. The number of aryl methyl sites for hydroxylation is 2. The minimum Gasteiger partial charge on any atom is -0.497 e. The fourth-order valence-corrected chi connectivity index (χ4v) is 5.45. The van der Waals surface area contributed by atoms with Gasteiger partial charge in [0.15, 0.2) is 5.82 Å². The molecule has 0 radical (unpaired) electrons. The average Bonchev–Trinajstić information content (AvgIpc) is 3.13. The molecule has 2 heterocycles. The Morgan fingerprint density at radius 3 is 2.68 bits per heavy atom. The maximum absolute atomic E-state index is 12.6. The second-order valence-corrected chi connectivity index (χ2v) is 9.12. The van der Waals surface area contributed by atoms with Crippen molar-refractivity contribution in [1.29, 1.82) is 0 Å². The van der Waals surface area contributed by atoms with Crippen LogP contribution in [0.2, 0.25) is 0 Å². The van der Waals surface area contributed by atoms with E-state index >= 15 is 0 Å². The first kappa shape index (κ1) is 21.3. The van der Waals surface area contributed by atoms with Crippen molar-refractivity contribution in [3.05, 3.63) is 65.0 Å². The van der Waals surface area contributed by atoms with Crippen LogP contribution in [0.4, 0.5) is 5.69 Å². The van der Waals surface area contributed by atoms with Crippen LogP contribution in [0, 0.1) is 6.92 Å². The number of benzene rings is 2. The highest BCUT2D eigenvalue weighted by atomic mass is 32.2. The number of rotatable bonds is 7. The summed E-state index contributed by atoms with van der Waals surface area (Å²) in [7, 11) is 1.61. The number of amides is 1. The van der Waals surface area contributed by atoms with Crippen LogP contribution < -0.4 is 10.1 Å². The molecule has 158 valence electrons. The number of aromatic nitrogens is 2. The number of anilines is 1. The molecule has 31 heavy (non-hydrogen) atoms. The summed E-state index contributed by atoms with van der Waals surface area (Å²) < 4.78 is 5.22. The summed E-state index contributed by atoms with van der Waals surface area (Å²) in [4.78, 5) is 24.5. The maximum atomic E-state index is 12.6. The first-order chi connectivity index (χ1) is 15.1. The van der Waals surface area contributed by atoms with Gasteiger partial charge in [-0.1, -0.05) is 55.1 Å². The van der Waals surface area contributed by atoms with Crippen LogP contribution in [-0.2, 0) is 11.2 Å². The van der Waals surface area contributed by atoms with Crippen molar-refractivity contribution in [2.45, 2.75) is 25.3 Å². The number of thiophene rings is 1. The Morgan fingerprint density at radius 1 is 1.13 bits per heavy atom. The smallest absolute Gasteiger partial charge is 0.234 e. The van der Waals surface area contributed by atoms with Gasteiger partial charge in [-0.05, 0) is 31.0 Å². The van der Waals surface area contributed by atoms with Crippen LogP contribution in [0.1, 0.15) is 17.4 Å². The largest absolute Gasteiger partial charge is 0.497 e. The number of methoxy groups -OCH3 is 1. The third-order valence-corrected chi connectivity index (χ3v) is 6.91. The van der Waals surface area contributed by atoms with Gasteiger partial charge in [0.25, 0.3) is 0 Å². The zero-order valence-electron chi connectivity index (χ0n) is 17.6. The molecule has 0 aliphatic carbocycles. The van der Waals surface area contributed by atoms with Crippen LogP contribution >= 0.6 is 23.1 Å². The number of hydrogen-bond acceptors (Lipinski definition) is 6. The minimum atomic E-state index is -0.0868. The van der Waals surface area contributed by atoms with Gasteiger partial charge in [-0.3, -0.25) is 4.79 Å². The quantitative estimate of drug-likeness (QED) is 0.278.